The second-order valence-electron chi connectivity index (χ2n) is 9.01. The number of nitrogens with one attached hydrogen (secondary N) is 1. The Bertz CT molecular complexity index is 1510. The number of benzene rings is 3. The van der Waals surface area contributed by atoms with E-state index in [1.807, 2.05) is 36.4 Å². The number of pyridine rings is 1. The maximum atomic E-state index is 13.7. The number of carbonyl (C=O) groups excluding carboxylic acids is 1. The maximum Gasteiger partial charge on any atom is 0.325 e. The van der Waals surface area contributed by atoms with Crippen LogP contribution in [0.1, 0.15) is 37.8 Å². The Morgan fingerprint density at radius 1 is 1.03 bits per heavy atom. The number of carbonyl (C=O) groups is 1. The largest absolute Gasteiger partial charge is 0.497 e. The lowest BCUT2D eigenvalue weighted by Crippen LogP contribution is -2.19. The van der Waals surface area contributed by atoms with Crippen molar-refractivity contribution in [3.63, 3.8) is 0 Å². The summed E-state index contributed by atoms with van der Waals surface area (Å²) in [6.45, 7) is 6.67. The first-order valence-corrected chi connectivity index (χ1v) is 12.6. The Morgan fingerprint density at radius 3 is 2.38 bits per heavy atom. The van der Waals surface area contributed by atoms with Crippen molar-refractivity contribution in [2.45, 2.75) is 39.8 Å². The van der Waals surface area contributed by atoms with Gasteiger partial charge in [0.1, 0.15) is 12.3 Å². The summed E-state index contributed by atoms with van der Waals surface area (Å²) in [5.74, 6) is 0.867. The van der Waals surface area contributed by atoms with Gasteiger partial charge in [-0.05, 0) is 60.4 Å². The van der Waals surface area contributed by atoms with Crippen molar-refractivity contribution in [3.8, 4) is 11.5 Å². The van der Waals surface area contributed by atoms with Crippen molar-refractivity contribution in [3.05, 3.63) is 74.9 Å². The Morgan fingerprint density at radius 2 is 1.76 bits per heavy atom. The van der Waals surface area contributed by atoms with E-state index >= 15 is 0 Å². The Balaban J connectivity index is 1.94. The molecule has 194 valence electrons. The van der Waals surface area contributed by atoms with Crippen LogP contribution in [0.2, 0.25) is 5.02 Å². The van der Waals surface area contributed by atoms with E-state index in [1.54, 1.807) is 30.7 Å². The number of ether oxygens (including phenoxy) is 3. The monoisotopic (exact) mass is 522 g/mol. The molecule has 0 aliphatic heterocycles. The van der Waals surface area contributed by atoms with Crippen molar-refractivity contribution in [1.82, 2.24) is 4.57 Å². The fourth-order valence-electron chi connectivity index (χ4n) is 4.54. The molecule has 4 aromatic rings. The summed E-state index contributed by atoms with van der Waals surface area (Å²) in [5.41, 5.74) is 3.87. The average Bonchev–Trinajstić information content (AvgIpc) is 2.89. The fraction of sp³-hybridized carbons (Fsp3) is 0.310. The highest BCUT2D eigenvalue weighted by molar-refractivity contribution is 6.33. The van der Waals surface area contributed by atoms with Crippen LogP contribution in [0, 0.1) is 0 Å². The molecule has 0 aliphatic rings. The summed E-state index contributed by atoms with van der Waals surface area (Å²) in [6.07, 6.45) is 0. The van der Waals surface area contributed by atoms with Gasteiger partial charge in [-0.25, -0.2) is 0 Å². The predicted molar refractivity (Wildman–Crippen MR) is 148 cm³/mol. The van der Waals surface area contributed by atoms with E-state index in [2.05, 4.69) is 19.2 Å². The van der Waals surface area contributed by atoms with Gasteiger partial charge in [0.05, 0.1) is 42.3 Å². The number of methoxy groups -OCH3 is 2. The molecule has 7 nitrogen and oxygen atoms in total. The normalized spacial score (nSPS) is 11.2. The lowest BCUT2D eigenvalue weighted by molar-refractivity contribution is -0.143. The number of anilines is 1. The highest BCUT2D eigenvalue weighted by Gasteiger charge is 2.21. The number of halogens is 1. The molecule has 1 aromatic heterocycles. The molecule has 0 atom stereocenters. The molecule has 0 unspecified atom stereocenters. The SMILES string of the molecule is CCOC(=O)Cn1c2cc(C(C)C)c(NCc3ccc(OC)cc3)cc2c(=O)c2ccc(Cl)c(OC)c21. The molecule has 8 heteroatoms. The Kier molecular flexibility index (Phi) is 7.93. The van der Waals surface area contributed by atoms with Crippen molar-refractivity contribution in [2.75, 3.05) is 26.1 Å². The first-order chi connectivity index (χ1) is 17.8. The molecule has 0 aliphatic carbocycles. The second-order valence-corrected chi connectivity index (χ2v) is 9.42. The number of aromatic nitrogens is 1. The van der Waals surface area contributed by atoms with Crippen LogP contribution >= 0.6 is 11.6 Å². The van der Waals surface area contributed by atoms with Crippen LogP contribution in [0.5, 0.6) is 11.5 Å². The van der Waals surface area contributed by atoms with Gasteiger partial charge in [-0.2, -0.15) is 0 Å². The molecule has 4 rings (SSSR count). The minimum Gasteiger partial charge on any atom is -0.497 e. The molecule has 0 fully saturated rings. The van der Waals surface area contributed by atoms with Crippen molar-refractivity contribution >= 4 is 45.1 Å². The van der Waals surface area contributed by atoms with Gasteiger partial charge in [0, 0.05) is 17.6 Å². The van der Waals surface area contributed by atoms with Crippen LogP contribution in [-0.2, 0) is 22.6 Å². The topological polar surface area (TPSA) is 78.8 Å². The van der Waals surface area contributed by atoms with Crippen molar-refractivity contribution < 1.29 is 19.0 Å². The van der Waals surface area contributed by atoms with Crippen molar-refractivity contribution in [2.24, 2.45) is 0 Å². The third kappa shape index (κ3) is 5.23. The van der Waals surface area contributed by atoms with Gasteiger partial charge in [-0.1, -0.05) is 37.6 Å². The van der Waals surface area contributed by atoms with Gasteiger partial charge in [0.25, 0.3) is 0 Å². The Hall–Kier alpha value is -3.71. The van der Waals surface area contributed by atoms with Crippen LogP contribution in [0.4, 0.5) is 5.69 Å². The molecule has 0 spiro atoms. The second kappa shape index (κ2) is 11.1. The minimum absolute atomic E-state index is 0.0893. The van der Waals surface area contributed by atoms with E-state index in [1.165, 1.54) is 7.11 Å². The number of hydrogen-bond donors (Lipinski definition) is 1. The van der Waals surface area contributed by atoms with E-state index in [9.17, 15) is 9.59 Å². The predicted octanol–water partition coefficient (Wildman–Crippen LogP) is 6.12. The zero-order valence-corrected chi connectivity index (χ0v) is 22.4. The lowest BCUT2D eigenvalue weighted by atomic mass is 9.97. The maximum absolute atomic E-state index is 13.7. The number of esters is 1. The number of nitrogens with zero attached hydrogens (tertiary/aromatic N) is 1. The first kappa shape index (κ1) is 26.4. The molecule has 0 saturated carbocycles. The molecule has 0 amide bonds. The third-order valence-electron chi connectivity index (χ3n) is 6.36. The number of hydrogen-bond acceptors (Lipinski definition) is 6. The van der Waals surface area contributed by atoms with E-state index < -0.39 is 5.97 Å². The average molecular weight is 523 g/mol. The molecular formula is C29H31ClN2O5. The summed E-state index contributed by atoms with van der Waals surface area (Å²) < 4.78 is 17.9. The summed E-state index contributed by atoms with van der Waals surface area (Å²) in [7, 11) is 3.13. The summed E-state index contributed by atoms with van der Waals surface area (Å²) in [6, 6.07) is 15.0. The Labute approximate surface area is 220 Å². The highest BCUT2D eigenvalue weighted by Crippen LogP contribution is 2.36. The zero-order chi connectivity index (χ0) is 26.7. The lowest BCUT2D eigenvalue weighted by Gasteiger charge is -2.21. The molecule has 0 saturated heterocycles. The van der Waals surface area contributed by atoms with Gasteiger partial charge in [-0.15, -0.1) is 0 Å². The highest BCUT2D eigenvalue weighted by atomic mass is 35.5. The first-order valence-electron chi connectivity index (χ1n) is 12.2. The zero-order valence-electron chi connectivity index (χ0n) is 21.7. The van der Waals surface area contributed by atoms with E-state index in [-0.39, 0.29) is 24.5 Å². The van der Waals surface area contributed by atoms with Crippen LogP contribution in [0.25, 0.3) is 21.8 Å². The van der Waals surface area contributed by atoms with Crippen LogP contribution in [0.3, 0.4) is 0 Å². The van der Waals surface area contributed by atoms with Gasteiger partial charge in [0.15, 0.2) is 11.2 Å². The van der Waals surface area contributed by atoms with Gasteiger partial charge >= 0.3 is 5.97 Å². The van der Waals surface area contributed by atoms with Crippen LogP contribution in [0.15, 0.2) is 53.3 Å². The smallest absolute Gasteiger partial charge is 0.325 e. The number of fused-ring (bicyclic) bond motifs is 2. The molecule has 37 heavy (non-hydrogen) atoms. The molecule has 0 bridgehead atoms. The standard InChI is InChI=1S/C29H31ClN2O5/c1-6-37-26(33)16-32-25-14-21(17(2)3)24(31-15-18-7-9-19(35-4)10-8-18)13-22(25)28(34)20-11-12-23(30)29(36-5)27(20)32/h7-14,17,31H,6,15-16H2,1-5H3. The molecule has 1 heterocycles. The summed E-state index contributed by atoms with van der Waals surface area (Å²) in [5, 5.41) is 4.76. The van der Waals surface area contributed by atoms with E-state index in [0.717, 1.165) is 22.6 Å². The van der Waals surface area contributed by atoms with Crippen molar-refractivity contribution in [1.29, 1.82) is 0 Å². The molecular weight excluding hydrogens is 492 g/mol. The quantitative estimate of drug-likeness (QED) is 0.210. The number of rotatable bonds is 9. The molecule has 0 radical (unpaired) electrons. The van der Waals surface area contributed by atoms with Gasteiger partial charge < -0.3 is 24.1 Å². The van der Waals surface area contributed by atoms with E-state index in [4.69, 9.17) is 25.8 Å². The fourth-order valence-corrected chi connectivity index (χ4v) is 4.77. The van der Waals surface area contributed by atoms with E-state index in [0.29, 0.717) is 39.1 Å². The van der Waals surface area contributed by atoms with Gasteiger partial charge in [0.2, 0.25) is 0 Å². The summed E-state index contributed by atoms with van der Waals surface area (Å²) >= 11 is 6.43. The van der Waals surface area contributed by atoms with Gasteiger partial charge in [-0.3, -0.25) is 9.59 Å². The molecule has 1 N–H and O–H groups in total. The minimum atomic E-state index is -0.413. The van der Waals surface area contributed by atoms with Crippen LogP contribution in [-0.4, -0.2) is 31.4 Å². The third-order valence-corrected chi connectivity index (χ3v) is 6.66. The molecule has 3 aromatic carbocycles. The van der Waals surface area contributed by atoms with Crippen LogP contribution < -0.4 is 20.2 Å². The summed E-state index contributed by atoms with van der Waals surface area (Å²) in [4.78, 5) is 26.4.